The summed E-state index contributed by atoms with van der Waals surface area (Å²) in [5.74, 6) is 1.77. The third-order valence-corrected chi connectivity index (χ3v) is 4.00. The minimum Gasteiger partial charge on any atom is -0.122 e. The van der Waals surface area contributed by atoms with Crippen LogP contribution in [0.4, 0.5) is 0 Å². The Hall–Kier alpha value is 0.0300. The zero-order valence-corrected chi connectivity index (χ0v) is 5.93. The highest BCUT2D eigenvalue weighted by Gasteiger charge is 2.69. The van der Waals surface area contributed by atoms with E-state index in [9.17, 15) is 0 Å². The molecule has 9 heavy (non-hydrogen) atoms. The van der Waals surface area contributed by atoms with Gasteiger partial charge in [0.2, 0.25) is 0 Å². The molecule has 2 saturated carbocycles. The van der Waals surface area contributed by atoms with Crippen molar-refractivity contribution in [2.45, 2.75) is 18.2 Å². The monoisotopic (exact) mass is 140 g/mol. The third kappa shape index (κ3) is 0.324. The Labute approximate surface area is 59.9 Å². The Morgan fingerprint density at radius 3 is 2.56 bits per heavy atom. The summed E-state index contributed by atoms with van der Waals surface area (Å²) in [6.45, 7) is 0. The number of hydrogen-bond donors (Lipinski definition) is 0. The molecule has 0 N–H and O–H groups in total. The maximum absolute atomic E-state index is 6.09. The van der Waals surface area contributed by atoms with E-state index in [-0.39, 0.29) is 0 Å². The van der Waals surface area contributed by atoms with E-state index in [4.69, 9.17) is 11.6 Å². The molecule has 3 rings (SSSR count). The molecule has 0 heterocycles. The molecule has 48 valence electrons. The van der Waals surface area contributed by atoms with E-state index in [1.54, 1.807) is 0 Å². The lowest BCUT2D eigenvalue weighted by Crippen LogP contribution is -2.37. The first-order chi connectivity index (χ1) is 4.34. The fourth-order valence-electron chi connectivity index (χ4n) is 2.62. The van der Waals surface area contributed by atoms with Crippen LogP contribution in [0, 0.1) is 17.3 Å². The number of rotatable bonds is 0. The highest BCUT2D eigenvalue weighted by molar-refractivity contribution is 6.22. The predicted octanol–water partition coefficient (Wildman–Crippen LogP) is 2.19. The second-order valence-electron chi connectivity index (χ2n) is 3.62. The molecule has 1 heteroatoms. The molecule has 3 aliphatic carbocycles. The molecule has 0 aromatic heterocycles. The van der Waals surface area contributed by atoms with Crippen molar-refractivity contribution in [3.05, 3.63) is 12.2 Å². The fourth-order valence-corrected chi connectivity index (χ4v) is 3.22. The van der Waals surface area contributed by atoms with Gasteiger partial charge in [-0.3, -0.25) is 0 Å². The molecule has 2 fully saturated rings. The van der Waals surface area contributed by atoms with Crippen LogP contribution < -0.4 is 0 Å². The van der Waals surface area contributed by atoms with E-state index in [0.717, 1.165) is 11.8 Å². The molecule has 0 nitrogen and oxygen atoms in total. The average molecular weight is 141 g/mol. The van der Waals surface area contributed by atoms with Crippen LogP contribution in [0.25, 0.3) is 0 Å². The van der Waals surface area contributed by atoms with Crippen molar-refractivity contribution in [2.75, 3.05) is 0 Å². The van der Waals surface area contributed by atoms with E-state index < -0.39 is 0 Å². The van der Waals surface area contributed by atoms with Gasteiger partial charge in [-0.2, -0.15) is 0 Å². The molecular formula is C8H9Cl. The SMILES string of the molecule is Cl[C@H]1C[C@@H]2C=C[C@H]3C[C@@]123. The Kier molecular flexibility index (Phi) is 0.583. The Balaban J connectivity index is 2.04. The van der Waals surface area contributed by atoms with E-state index in [2.05, 4.69) is 12.2 Å². The predicted molar refractivity (Wildman–Crippen MR) is 37.4 cm³/mol. The standard InChI is InChI=1S/C8H9Cl/c9-7-3-5-1-2-6-4-8(5,6)7/h1-2,5-7H,3-4H2/t5-,6-,7-,8+/m0/s1. The summed E-state index contributed by atoms with van der Waals surface area (Å²) in [4.78, 5) is 0. The summed E-state index contributed by atoms with van der Waals surface area (Å²) in [5.41, 5.74) is 0.613. The van der Waals surface area contributed by atoms with Crippen molar-refractivity contribution in [1.82, 2.24) is 0 Å². The Morgan fingerprint density at radius 1 is 1.33 bits per heavy atom. The van der Waals surface area contributed by atoms with Crippen LogP contribution in [0.3, 0.4) is 0 Å². The molecule has 0 aliphatic heterocycles. The van der Waals surface area contributed by atoms with Crippen LogP contribution in [0.1, 0.15) is 12.8 Å². The summed E-state index contributed by atoms with van der Waals surface area (Å²) in [6.07, 6.45) is 7.37. The summed E-state index contributed by atoms with van der Waals surface area (Å²) in [7, 11) is 0. The summed E-state index contributed by atoms with van der Waals surface area (Å²) in [5, 5.41) is 0.516. The van der Waals surface area contributed by atoms with Gasteiger partial charge in [0.15, 0.2) is 0 Å². The molecule has 0 radical (unpaired) electrons. The molecule has 0 amide bonds. The summed E-state index contributed by atoms with van der Waals surface area (Å²) >= 11 is 6.09. The highest BCUT2D eigenvalue weighted by atomic mass is 35.5. The third-order valence-electron chi connectivity index (χ3n) is 3.41. The largest absolute Gasteiger partial charge is 0.122 e. The first-order valence-electron chi connectivity index (χ1n) is 3.66. The number of halogens is 1. The van der Waals surface area contributed by atoms with Gasteiger partial charge in [0.05, 0.1) is 0 Å². The van der Waals surface area contributed by atoms with Gasteiger partial charge >= 0.3 is 0 Å². The molecule has 0 aromatic rings. The maximum atomic E-state index is 6.09. The summed E-state index contributed by atoms with van der Waals surface area (Å²) in [6, 6.07) is 0. The molecule has 3 aliphatic rings. The van der Waals surface area contributed by atoms with Gasteiger partial charge in [-0.25, -0.2) is 0 Å². The topological polar surface area (TPSA) is 0 Å². The van der Waals surface area contributed by atoms with Gasteiger partial charge in [0, 0.05) is 5.38 Å². The Morgan fingerprint density at radius 2 is 2.11 bits per heavy atom. The van der Waals surface area contributed by atoms with Crippen molar-refractivity contribution in [1.29, 1.82) is 0 Å². The number of allylic oxidation sites excluding steroid dienone is 2. The van der Waals surface area contributed by atoms with E-state index in [1.165, 1.54) is 12.8 Å². The van der Waals surface area contributed by atoms with Crippen LogP contribution in [0.2, 0.25) is 0 Å². The second-order valence-corrected chi connectivity index (χ2v) is 4.14. The minimum atomic E-state index is 0.516. The lowest BCUT2D eigenvalue weighted by Gasteiger charge is -2.39. The van der Waals surface area contributed by atoms with Gasteiger partial charge in [0.25, 0.3) is 0 Å². The first-order valence-corrected chi connectivity index (χ1v) is 4.10. The van der Waals surface area contributed by atoms with E-state index in [1.807, 2.05) is 0 Å². The van der Waals surface area contributed by atoms with Crippen molar-refractivity contribution in [2.24, 2.45) is 17.3 Å². The van der Waals surface area contributed by atoms with Crippen LogP contribution in [-0.2, 0) is 0 Å². The van der Waals surface area contributed by atoms with Gasteiger partial charge < -0.3 is 0 Å². The van der Waals surface area contributed by atoms with Gasteiger partial charge in [-0.15, -0.1) is 11.6 Å². The first kappa shape index (κ1) is 4.79. The fraction of sp³-hybridized carbons (Fsp3) is 0.750. The molecule has 4 atom stereocenters. The maximum Gasteiger partial charge on any atom is 0.0409 e. The smallest absolute Gasteiger partial charge is 0.0409 e. The molecule has 0 saturated heterocycles. The highest BCUT2D eigenvalue weighted by Crippen LogP contribution is 2.74. The molecule has 1 spiro atoms. The second kappa shape index (κ2) is 1.10. The van der Waals surface area contributed by atoms with E-state index >= 15 is 0 Å². The molecule has 0 aromatic carbocycles. The number of hydrogen-bond acceptors (Lipinski definition) is 0. The number of alkyl halides is 1. The van der Waals surface area contributed by atoms with Crippen molar-refractivity contribution in [3.8, 4) is 0 Å². The zero-order chi connectivity index (χ0) is 6.06. The zero-order valence-electron chi connectivity index (χ0n) is 5.18. The lowest BCUT2D eigenvalue weighted by molar-refractivity contribution is 0.208. The minimum absolute atomic E-state index is 0.516. The molecular weight excluding hydrogens is 132 g/mol. The lowest BCUT2D eigenvalue weighted by atomic mass is 9.71. The quantitative estimate of drug-likeness (QED) is 0.358. The van der Waals surface area contributed by atoms with Crippen LogP contribution in [-0.4, -0.2) is 5.38 Å². The normalized spacial score (nSPS) is 66.6. The van der Waals surface area contributed by atoms with Crippen molar-refractivity contribution >= 4 is 11.6 Å². The molecule has 0 unspecified atom stereocenters. The van der Waals surface area contributed by atoms with Crippen molar-refractivity contribution < 1.29 is 0 Å². The molecule has 0 bridgehead atoms. The summed E-state index contributed by atoms with van der Waals surface area (Å²) < 4.78 is 0. The van der Waals surface area contributed by atoms with Crippen LogP contribution in [0.15, 0.2) is 12.2 Å². The van der Waals surface area contributed by atoms with Gasteiger partial charge in [-0.05, 0) is 30.1 Å². The average Bonchev–Trinajstić information content (AvgIpc) is 2.52. The van der Waals surface area contributed by atoms with Crippen LogP contribution >= 0.6 is 11.6 Å². The van der Waals surface area contributed by atoms with E-state index in [0.29, 0.717) is 10.8 Å². The van der Waals surface area contributed by atoms with Gasteiger partial charge in [-0.1, -0.05) is 12.2 Å². The van der Waals surface area contributed by atoms with Crippen molar-refractivity contribution in [3.63, 3.8) is 0 Å². The van der Waals surface area contributed by atoms with Gasteiger partial charge in [0.1, 0.15) is 0 Å². The Bertz CT molecular complexity index is 197. The van der Waals surface area contributed by atoms with Crippen LogP contribution in [0.5, 0.6) is 0 Å².